The zero-order chi connectivity index (χ0) is 11.5. The van der Waals surface area contributed by atoms with Crippen LogP contribution in [0.25, 0.3) is 0 Å². The number of rotatable bonds is 5. The van der Waals surface area contributed by atoms with E-state index in [1.165, 1.54) is 12.8 Å². The molecule has 1 saturated carbocycles. The van der Waals surface area contributed by atoms with Crippen molar-refractivity contribution in [3.63, 3.8) is 0 Å². The summed E-state index contributed by atoms with van der Waals surface area (Å²) in [6, 6.07) is 0.466. The van der Waals surface area contributed by atoms with Crippen molar-refractivity contribution >= 4 is 5.91 Å². The summed E-state index contributed by atoms with van der Waals surface area (Å²) in [6.07, 6.45) is 3.60. The molecule has 1 fully saturated rings. The van der Waals surface area contributed by atoms with Gasteiger partial charge in [-0.1, -0.05) is 6.42 Å². The molecule has 5 N–H and O–H groups in total. The summed E-state index contributed by atoms with van der Waals surface area (Å²) in [7, 11) is 0. The van der Waals surface area contributed by atoms with Gasteiger partial charge in [0.2, 0.25) is 5.91 Å². The Balaban J connectivity index is 2.39. The van der Waals surface area contributed by atoms with Crippen LogP contribution in [0.15, 0.2) is 0 Å². The van der Waals surface area contributed by atoms with Gasteiger partial charge in [0.25, 0.3) is 0 Å². The van der Waals surface area contributed by atoms with Crippen LogP contribution in [-0.2, 0) is 4.79 Å². The molecule has 4 nitrogen and oxygen atoms in total. The van der Waals surface area contributed by atoms with E-state index in [0.29, 0.717) is 18.5 Å². The fourth-order valence-corrected chi connectivity index (χ4v) is 2.06. The van der Waals surface area contributed by atoms with E-state index in [1.807, 2.05) is 13.8 Å². The van der Waals surface area contributed by atoms with E-state index in [-0.39, 0.29) is 5.91 Å². The second-order valence-electron chi connectivity index (χ2n) is 5.16. The van der Waals surface area contributed by atoms with E-state index in [9.17, 15) is 4.79 Å². The van der Waals surface area contributed by atoms with Crippen LogP contribution in [-0.4, -0.2) is 25.0 Å². The first-order valence-corrected chi connectivity index (χ1v) is 5.70. The Bertz CT molecular complexity index is 228. The summed E-state index contributed by atoms with van der Waals surface area (Å²) in [6.45, 7) is 5.11. The number of nitrogens with one attached hydrogen (secondary N) is 1. The maximum absolute atomic E-state index is 11.1. The van der Waals surface area contributed by atoms with Gasteiger partial charge in [0, 0.05) is 12.6 Å². The third-order valence-corrected chi connectivity index (χ3v) is 3.44. The summed E-state index contributed by atoms with van der Waals surface area (Å²) in [4.78, 5) is 11.1. The predicted octanol–water partition coefficient (Wildman–Crippen LogP) is 0.215. The Kier molecular flexibility index (Phi) is 4.11. The molecular weight excluding hydrogens is 190 g/mol. The fraction of sp³-hybridized carbons (Fsp3) is 0.909. The number of nitrogens with two attached hydrogens (primary N) is 2. The first-order valence-electron chi connectivity index (χ1n) is 5.70. The number of amides is 1. The topological polar surface area (TPSA) is 81.1 Å². The monoisotopic (exact) mass is 213 g/mol. The van der Waals surface area contributed by atoms with Crippen molar-refractivity contribution < 1.29 is 4.79 Å². The van der Waals surface area contributed by atoms with Crippen molar-refractivity contribution in [3.05, 3.63) is 0 Å². The van der Waals surface area contributed by atoms with Crippen molar-refractivity contribution in [1.82, 2.24) is 5.32 Å². The smallest absolute Gasteiger partial charge is 0.224 e. The Morgan fingerprint density at radius 3 is 2.67 bits per heavy atom. The lowest BCUT2D eigenvalue weighted by Crippen LogP contribution is -2.45. The average Bonchev–Trinajstić information content (AvgIpc) is 2.61. The van der Waals surface area contributed by atoms with E-state index < -0.39 is 5.41 Å². The van der Waals surface area contributed by atoms with Crippen LogP contribution < -0.4 is 16.8 Å². The second kappa shape index (κ2) is 4.94. The van der Waals surface area contributed by atoms with Crippen LogP contribution in [0.3, 0.4) is 0 Å². The zero-order valence-electron chi connectivity index (χ0n) is 9.75. The lowest BCUT2D eigenvalue weighted by Gasteiger charge is -2.26. The lowest BCUT2D eigenvalue weighted by molar-refractivity contribution is -0.125. The van der Waals surface area contributed by atoms with Crippen LogP contribution >= 0.6 is 0 Å². The molecule has 0 saturated heterocycles. The first kappa shape index (κ1) is 12.5. The lowest BCUT2D eigenvalue weighted by atomic mass is 9.91. The number of carbonyl (C=O) groups is 1. The Labute approximate surface area is 91.8 Å². The predicted molar refractivity (Wildman–Crippen MR) is 61.2 cm³/mol. The van der Waals surface area contributed by atoms with Crippen molar-refractivity contribution in [2.45, 2.75) is 39.2 Å². The largest absolute Gasteiger partial charge is 0.369 e. The van der Waals surface area contributed by atoms with Crippen LogP contribution in [0.4, 0.5) is 0 Å². The number of hydrogen-bond acceptors (Lipinski definition) is 3. The molecule has 0 aliphatic heterocycles. The summed E-state index contributed by atoms with van der Waals surface area (Å²) in [5.41, 5.74) is 10.5. The average molecular weight is 213 g/mol. The highest BCUT2D eigenvalue weighted by Gasteiger charge is 2.30. The molecule has 4 heteroatoms. The fourth-order valence-electron chi connectivity index (χ4n) is 2.06. The molecule has 1 aliphatic carbocycles. The number of hydrogen-bond donors (Lipinski definition) is 3. The van der Waals surface area contributed by atoms with E-state index in [0.717, 1.165) is 13.0 Å². The maximum atomic E-state index is 11.1. The van der Waals surface area contributed by atoms with Gasteiger partial charge in [-0.2, -0.15) is 0 Å². The molecule has 2 atom stereocenters. The molecule has 1 amide bonds. The highest BCUT2D eigenvalue weighted by Crippen LogP contribution is 2.25. The van der Waals surface area contributed by atoms with E-state index in [2.05, 4.69) is 5.32 Å². The molecule has 0 bridgehead atoms. The third-order valence-electron chi connectivity index (χ3n) is 3.44. The van der Waals surface area contributed by atoms with Gasteiger partial charge in [0.1, 0.15) is 0 Å². The van der Waals surface area contributed by atoms with Crippen molar-refractivity contribution in [3.8, 4) is 0 Å². The normalized spacial score (nSPS) is 26.9. The molecule has 0 spiro atoms. The molecular formula is C11H23N3O. The van der Waals surface area contributed by atoms with Crippen LogP contribution in [0.5, 0.6) is 0 Å². The highest BCUT2D eigenvalue weighted by atomic mass is 16.1. The van der Waals surface area contributed by atoms with Crippen molar-refractivity contribution in [2.24, 2.45) is 22.8 Å². The van der Waals surface area contributed by atoms with Gasteiger partial charge >= 0.3 is 0 Å². The Morgan fingerprint density at radius 1 is 1.47 bits per heavy atom. The van der Waals surface area contributed by atoms with E-state index in [1.54, 1.807) is 0 Å². The summed E-state index contributed by atoms with van der Waals surface area (Å²) in [5.74, 6) is 0.311. The molecule has 0 aromatic carbocycles. The van der Waals surface area contributed by atoms with Gasteiger partial charge in [-0.25, -0.2) is 0 Å². The van der Waals surface area contributed by atoms with Gasteiger partial charge in [0.05, 0.1) is 5.41 Å². The Morgan fingerprint density at radius 2 is 2.13 bits per heavy atom. The summed E-state index contributed by atoms with van der Waals surface area (Å²) in [5, 5.41) is 3.42. The molecule has 0 heterocycles. The van der Waals surface area contributed by atoms with Crippen molar-refractivity contribution in [2.75, 3.05) is 13.1 Å². The minimum absolute atomic E-state index is 0.253. The minimum atomic E-state index is -0.470. The van der Waals surface area contributed by atoms with Crippen LogP contribution in [0.2, 0.25) is 0 Å². The van der Waals surface area contributed by atoms with Gasteiger partial charge in [-0.05, 0) is 39.2 Å². The molecule has 1 aliphatic rings. The maximum Gasteiger partial charge on any atom is 0.224 e. The molecule has 2 unspecified atom stereocenters. The standard InChI is InChI=1S/C11H23N3O/c1-11(2,10(13)15)7-14-9-5-3-4-8(9)6-12/h8-9,14H,3-7,12H2,1-2H3,(H2,13,15). The van der Waals surface area contributed by atoms with E-state index >= 15 is 0 Å². The first-order chi connectivity index (χ1) is 6.97. The van der Waals surface area contributed by atoms with Crippen LogP contribution in [0, 0.1) is 11.3 Å². The molecule has 15 heavy (non-hydrogen) atoms. The zero-order valence-corrected chi connectivity index (χ0v) is 9.75. The second-order valence-corrected chi connectivity index (χ2v) is 5.16. The quantitative estimate of drug-likeness (QED) is 0.611. The molecule has 88 valence electrons. The van der Waals surface area contributed by atoms with Gasteiger partial charge in [-0.3, -0.25) is 4.79 Å². The van der Waals surface area contributed by atoms with Gasteiger partial charge in [-0.15, -0.1) is 0 Å². The molecule has 0 aromatic rings. The SMILES string of the molecule is CC(C)(CNC1CCCC1CN)C(N)=O. The Hall–Kier alpha value is -0.610. The molecule has 0 radical (unpaired) electrons. The minimum Gasteiger partial charge on any atom is -0.369 e. The molecule has 0 aromatic heterocycles. The van der Waals surface area contributed by atoms with Crippen LogP contribution in [0.1, 0.15) is 33.1 Å². The van der Waals surface area contributed by atoms with Gasteiger partial charge in [0.15, 0.2) is 0 Å². The van der Waals surface area contributed by atoms with Gasteiger partial charge < -0.3 is 16.8 Å². The molecule has 1 rings (SSSR count). The van der Waals surface area contributed by atoms with Crippen molar-refractivity contribution in [1.29, 1.82) is 0 Å². The summed E-state index contributed by atoms with van der Waals surface area (Å²) >= 11 is 0. The van der Waals surface area contributed by atoms with E-state index in [4.69, 9.17) is 11.5 Å². The highest BCUT2D eigenvalue weighted by molar-refractivity contribution is 5.80. The summed E-state index contributed by atoms with van der Waals surface area (Å²) < 4.78 is 0. The number of primary amides is 1. The number of carbonyl (C=O) groups excluding carboxylic acids is 1. The third kappa shape index (κ3) is 3.18.